The van der Waals surface area contributed by atoms with Crippen molar-refractivity contribution in [2.24, 2.45) is 0 Å². The number of rotatable bonds is 5. The first kappa shape index (κ1) is 13.1. The predicted molar refractivity (Wildman–Crippen MR) is 66.0 cm³/mol. The van der Waals surface area contributed by atoms with Gasteiger partial charge in [-0.2, -0.15) is 0 Å². The van der Waals surface area contributed by atoms with Crippen LogP contribution in [0.15, 0.2) is 16.3 Å². The molecule has 0 aliphatic rings. The Morgan fingerprint density at radius 1 is 1.56 bits per heavy atom. The number of thiophene rings is 1. The standard InChI is InChI=1S/C10H13NO3S2/c1-3-14-9(13)6-16-8-4-5-15-10(8)11-7(2)12/h4-5H,3,6H2,1-2H3,(H,11,12). The predicted octanol–water partition coefficient (Wildman–Crippen LogP) is 2.36. The van der Waals surface area contributed by atoms with Crippen LogP contribution in [0.25, 0.3) is 0 Å². The van der Waals surface area contributed by atoms with Crippen molar-refractivity contribution in [3.63, 3.8) is 0 Å². The van der Waals surface area contributed by atoms with Crippen LogP contribution in [0.1, 0.15) is 13.8 Å². The Kier molecular flexibility index (Phi) is 5.34. The fourth-order valence-electron chi connectivity index (χ4n) is 1.00. The Morgan fingerprint density at radius 3 is 2.94 bits per heavy atom. The van der Waals surface area contributed by atoms with Gasteiger partial charge in [-0.25, -0.2) is 0 Å². The largest absolute Gasteiger partial charge is 0.465 e. The van der Waals surface area contributed by atoms with Gasteiger partial charge in [-0.3, -0.25) is 9.59 Å². The molecule has 1 heterocycles. The summed E-state index contributed by atoms with van der Waals surface area (Å²) < 4.78 is 4.82. The van der Waals surface area contributed by atoms with E-state index < -0.39 is 0 Å². The molecule has 0 aliphatic heterocycles. The van der Waals surface area contributed by atoms with E-state index in [4.69, 9.17) is 4.74 Å². The monoisotopic (exact) mass is 259 g/mol. The molecule has 0 spiro atoms. The number of amides is 1. The van der Waals surface area contributed by atoms with Crippen molar-refractivity contribution < 1.29 is 14.3 Å². The summed E-state index contributed by atoms with van der Waals surface area (Å²) in [7, 11) is 0. The van der Waals surface area contributed by atoms with Gasteiger partial charge in [0.15, 0.2) is 0 Å². The molecule has 4 nitrogen and oxygen atoms in total. The molecule has 0 saturated heterocycles. The quantitative estimate of drug-likeness (QED) is 0.651. The van der Waals surface area contributed by atoms with E-state index in [1.807, 2.05) is 11.4 Å². The molecule has 0 radical (unpaired) electrons. The van der Waals surface area contributed by atoms with E-state index >= 15 is 0 Å². The van der Waals surface area contributed by atoms with Gasteiger partial charge in [-0.15, -0.1) is 23.1 Å². The van der Waals surface area contributed by atoms with Crippen molar-refractivity contribution in [2.75, 3.05) is 17.7 Å². The third-order valence-electron chi connectivity index (χ3n) is 1.57. The average Bonchev–Trinajstić information content (AvgIpc) is 2.62. The zero-order chi connectivity index (χ0) is 12.0. The summed E-state index contributed by atoms with van der Waals surface area (Å²) in [5.41, 5.74) is 0. The van der Waals surface area contributed by atoms with Crippen LogP contribution in [-0.2, 0) is 14.3 Å². The minimum atomic E-state index is -0.243. The van der Waals surface area contributed by atoms with Gasteiger partial charge in [-0.05, 0) is 18.4 Å². The number of thioether (sulfide) groups is 1. The molecule has 1 aromatic rings. The molecule has 0 fully saturated rings. The average molecular weight is 259 g/mol. The normalized spacial score (nSPS) is 9.88. The molecule has 1 N–H and O–H groups in total. The summed E-state index contributed by atoms with van der Waals surface area (Å²) in [6.07, 6.45) is 0. The van der Waals surface area contributed by atoms with Gasteiger partial charge < -0.3 is 10.1 Å². The zero-order valence-electron chi connectivity index (χ0n) is 9.11. The summed E-state index contributed by atoms with van der Waals surface area (Å²) in [6.45, 7) is 3.62. The van der Waals surface area contributed by atoms with Crippen molar-refractivity contribution >= 4 is 40.0 Å². The second kappa shape index (κ2) is 6.55. The lowest BCUT2D eigenvalue weighted by molar-refractivity contribution is -0.139. The van der Waals surface area contributed by atoms with Crippen molar-refractivity contribution in [3.8, 4) is 0 Å². The lowest BCUT2D eigenvalue weighted by Gasteiger charge is -2.03. The Hall–Kier alpha value is -1.01. The first-order valence-electron chi connectivity index (χ1n) is 4.77. The highest BCUT2D eigenvalue weighted by molar-refractivity contribution is 8.00. The SMILES string of the molecule is CCOC(=O)CSc1ccsc1NC(C)=O. The molecule has 1 rings (SSSR count). The van der Waals surface area contributed by atoms with Crippen LogP contribution in [0.5, 0.6) is 0 Å². The lowest BCUT2D eigenvalue weighted by Crippen LogP contribution is -2.07. The van der Waals surface area contributed by atoms with Crippen LogP contribution in [0.4, 0.5) is 5.00 Å². The molecule has 1 amide bonds. The minimum Gasteiger partial charge on any atom is -0.465 e. The van der Waals surface area contributed by atoms with E-state index in [1.54, 1.807) is 6.92 Å². The molecule has 0 atom stereocenters. The van der Waals surface area contributed by atoms with Crippen molar-refractivity contribution in [1.29, 1.82) is 0 Å². The number of ether oxygens (including phenoxy) is 1. The fraction of sp³-hybridized carbons (Fsp3) is 0.400. The molecule has 0 saturated carbocycles. The van der Waals surface area contributed by atoms with Crippen LogP contribution >= 0.6 is 23.1 Å². The molecule has 0 bridgehead atoms. The van der Waals surface area contributed by atoms with Crippen LogP contribution in [0, 0.1) is 0 Å². The van der Waals surface area contributed by atoms with Crippen molar-refractivity contribution in [1.82, 2.24) is 0 Å². The lowest BCUT2D eigenvalue weighted by atomic mass is 10.6. The Morgan fingerprint density at radius 2 is 2.31 bits per heavy atom. The number of nitrogens with one attached hydrogen (secondary N) is 1. The van der Waals surface area contributed by atoms with Gasteiger partial charge in [0.1, 0.15) is 5.00 Å². The van der Waals surface area contributed by atoms with Crippen LogP contribution in [0.3, 0.4) is 0 Å². The van der Waals surface area contributed by atoms with E-state index in [0.29, 0.717) is 6.61 Å². The van der Waals surface area contributed by atoms with Crippen molar-refractivity contribution in [2.45, 2.75) is 18.7 Å². The molecular formula is C10H13NO3S2. The Balaban J connectivity index is 2.50. The molecule has 6 heteroatoms. The maximum absolute atomic E-state index is 11.1. The molecule has 0 aromatic carbocycles. The number of carbonyl (C=O) groups is 2. The van der Waals surface area contributed by atoms with Gasteiger partial charge >= 0.3 is 5.97 Å². The summed E-state index contributed by atoms with van der Waals surface area (Å²) in [5, 5.41) is 5.37. The Labute approximate surface area is 102 Å². The molecule has 1 aromatic heterocycles. The van der Waals surface area contributed by atoms with E-state index in [9.17, 15) is 9.59 Å². The van der Waals surface area contributed by atoms with E-state index in [2.05, 4.69) is 5.32 Å². The highest BCUT2D eigenvalue weighted by Gasteiger charge is 2.09. The minimum absolute atomic E-state index is 0.111. The molecule has 0 unspecified atom stereocenters. The summed E-state index contributed by atoms with van der Waals surface area (Å²) >= 11 is 2.80. The Bertz CT molecular complexity index is 376. The first-order chi connectivity index (χ1) is 7.63. The number of anilines is 1. The maximum atomic E-state index is 11.1. The second-order valence-corrected chi connectivity index (χ2v) is 4.82. The summed E-state index contributed by atoms with van der Waals surface area (Å²) in [5.74, 6) is -0.0927. The number of esters is 1. The van der Waals surface area contributed by atoms with Gasteiger partial charge in [0, 0.05) is 11.8 Å². The van der Waals surface area contributed by atoms with Gasteiger partial charge in [0.05, 0.1) is 12.4 Å². The van der Waals surface area contributed by atoms with Crippen molar-refractivity contribution in [3.05, 3.63) is 11.4 Å². The molecule has 0 aliphatic carbocycles. The second-order valence-electron chi connectivity index (χ2n) is 2.89. The highest BCUT2D eigenvalue weighted by atomic mass is 32.2. The van der Waals surface area contributed by atoms with E-state index in [1.165, 1.54) is 30.0 Å². The van der Waals surface area contributed by atoms with Crippen LogP contribution in [-0.4, -0.2) is 24.2 Å². The third kappa shape index (κ3) is 4.24. The van der Waals surface area contributed by atoms with Crippen LogP contribution in [0.2, 0.25) is 0 Å². The smallest absolute Gasteiger partial charge is 0.316 e. The first-order valence-corrected chi connectivity index (χ1v) is 6.63. The van der Waals surface area contributed by atoms with Gasteiger partial charge in [0.25, 0.3) is 0 Å². The summed E-state index contributed by atoms with van der Waals surface area (Å²) in [4.78, 5) is 22.9. The topological polar surface area (TPSA) is 55.4 Å². The molecule has 88 valence electrons. The van der Waals surface area contributed by atoms with E-state index in [0.717, 1.165) is 9.90 Å². The zero-order valence-corrected chi connectivity index (χ0v) is 10.7. The summed E-state index contributed by atoms with van der Waals surface area (Å²) in [6, 6.07) is 1.87. The third-order valence-corrected chi connectivity index (χ3v) is 3.56. The number of carbonyl (C=O) groups excluding carboxylic acids is 2. The molecule has 16 heavy (non-hydrogen) atoms. The molecular weight excluding hydrogens is 246 g/mol. The fourth-order valence-corrected chi connectivity index (χ4v) is 2.84. The highest BCUT2D eigenvalue weighted by Crippen LogP contribution is 2.32. The van der Waals surface area contributed by atoms with Gasteiger partial charge in [-0.1, -0.05) is 0 Å². The van der Waals surface area contributed by atoms with Gasteiger partial charge in [0.2, 0.25) is 5.91 Å². The number of hydrogen-bond donors (Lipinski definition) is 1. The maximum Gasteiger partial charge on any atom is 0.316 e. The van der Waals surface area contributed by atoms with Crippen LogP contribution < -0.4 is 5.32 Å². The van der Waals surface area contributed by atoms with E-state index in [-0.39, 0.29) is 17.6 Å². The number of hydrogen-bond acceptors (Lipinski definition) is 5.